The third-order valence-corrected chi connectivity index (χ3v) is 5.95. The van der Waals surface area contributed by atoms with Crippen LogP contribution >= 0.6 is 15.9 Å². The number of hydrogen-bond acceptors (Lipinski definition) is 2. The van der Waals surface area contributed by atoms with E-state index in [4.69, 9.17) is 0 Å². The minimum atomic E-state index is -4.00. The molecule has 0 bridgehead atoms. The molecule has 1 aliphatic carbocycles. The zero-order valence-corrected chi connectivity index (χ0v) is 12.7. The van der Waals surface area contributed by atoms with Gasteiger partial charge in [-0.1, -0.05) is 6.42 Å². The van der Waals surface area contributed by atoms with E-state index in [0.717, 1.165) is 25.3 Å². The summed E-state index contributed by atoms with van der Waals surface area (Å²) < 4.78 is 53.2. The number of sulfonamides is 1. The van der Waals surface area contributed by atoms with Crippen molar-refractivity contribution in [3.8, 4) is 0 Å². The molecule has 1 aliphatic rings. The van der Waals surface area contributed by atoms with Crippen LogP contribution in [0.2, 0.25) is 0 Å². The molecule has 7 heteroatoms. The second kappa shape index (κ2) is 5.46. The first kappa shape index (κ1) is 14.9. The zero-order valence-electron chi connectivity index (χ0n) is 10.3. The Hall–Kier alpha value is -0.530. The third-order valence-electron chi connectivity index (χ3n) is 3.43. The molecule has 1 aromatic carbocycles. The van der Waals surface area contributed by atoms with Crippen molar-refractivity contribution in [2.75, 3.05) is 0 Å². The van der Waals surface area contributed by atoms with Crippen LogP contribution in [-0.4, -0.2) is 14.5 Å². The fourth-order valence-electron chi connectivity index (χ4n) is 2.13. The van der Waals surface area contributed by atoms with Gasteiger partial charge >= 0.3 is 0 Å². The van der Waals surface area contributed by atoms with E-state index in [-0.39, 0.29) is 16.4 Å². The van der Waals surface area contributed by atoms with Gasteiger partial charge in [-0.2, -0.15) is 0 Å². The first-order valence-corrected chi connectivity index (χ1v) is 8.26. The molecule has 1 aromatic rings. The standard InChI is InChI=1S/C12H14BrF2NO2S/c1-7(8-3-2-4-8)16-19(17,18)12-10(13)5-9(14)6-11(12)15/h5-8,16H,2-4H2,1H3. The average Bonchev–Trinajstić information content (AvgIpc) is 2.09. The molecule has 0 radical (unpaired) electrons. The fraction of sp³-hybridized carbons (Fsp3) is 0.500. The summed E-state index contributed by atoms with van der Waals surface area (Å²) >= 11 is 2.89. The number of halogens is 3. The minimum Gasteiger partial charge on any atom is -0.208 e. The van der Waals surface area contributed by atoms with Gasteiger partial charge in [-0.15, -0.1) is 0 Å². The monoisotopic (exact) mass is 353 g/mol. The molecule has 0 amide bonds. The molecule has 1 saturated carbocycles. The molecule has 3 nitrogen and oxygen atoms in total. The van der Waals surface area contributed by atoms with Crippen LogP contribution in [0.3, 0.4) is 0 Å². The van der Waals surface area contributed by atoms with Gasteiger partial charge in [-0.05, 0) is 47.7 Å². The highest BCUT2D eigenvalue weighted by molar-refractivity contribution is 9.10. The van der Waals surface area contributed by atoms with Gasteiger partial charge in [0.25, 0.3) is 0 Å². The quantitative estimate of drug-likeness (QED) is 0.903. The molecule has 1 N–H and O–H groups in total. The van der Waals surface area contributed by atoms with Crippen LogP contribution in [0.15, 0.2) is 21.5 Å². The Morgan fingerprint density at radius 1 is 1.37 bits per heavy atom. The normalized spacial score (nSPS) is 18.1. The number of benzene rings is 1. The molecule has 0 saturated heterocycles. The van der Waals surface area contributed by atoms with Crippen molar-refractivity contribution < 1.29 is 17.2 Å². The summed E-state index contributed by atoms with van der Waals surface area (Å²) in [5, 5.41) is 0. The Balaban J connectivity index is 2.29. The maximum Gasteiger partial charge on any atom is 0.244 e. The van der Waals surface area contributed by atoms with Gasteiger partial charge in [0.15, 0.2) is 0 Å². The van der Waals surface area contributed by atoms with Crippen LogP contribution < -0.4 is 4.72 Å². The smallest absolute Gasteiger partial charge is 0.208 e. The maximum absolute atomic E-state index is 13.7. The summed E-state index contributed by atoms with van der Waals surface area (Å²) in [7, 11) is -4.00. The van der Waals surface area contributed by atoms with Gasteiger partial charge in [0.2, 0.25) is 10.0 Å². The first-order chi connectivity index (χ1) is 8.81. The van der Waals surface area contributed by atoms with Gasteiger partial charge in [0.1, 0.15) is 16.5 Å². The van der Waals surface area contributed by atoms with E-state index in [0.29, 0.717) is 6.07 Å². The van der Waals surface area contributed by atoms with E-state index in [9.17, 15) is 17.2 Å². The van der Waals surface area contributed by atoms with Crippen molar-refractivity contribution in [3.63, 3.8) is 0 Å². The molecule has 1 atom stereocenters. The Morgan fingerprint density at radius 3 is 2.47 bits per heavy atom. The molecular formula is C12H14BrF2NO2S. The Bertz CT molecular complexity index is 564. The molecule has 19 heavy (non-hydrogen) atoms. The van der Waals surface area contributed by atoms with E-state index in [1.807, 2.05) is 0 Å². The van der Waals surface area contributed by atoms with E-state index < -0.39 is 26.6 Å². The molecular weight excluding hydrogens is 340 g/mol. The largest absolute Gasteiger partial charge is 0.244 e. The lowest BCUT2D eigenvalue weighted by Crippen LogP contribution is -2.41. The summed E-state index contributed by atoms with van der Waals surface area (Å²) in [5.41, 5.74) is 0. The van der Waals surface area contributed by atoms with E-state index in [2.05, 4.69) is 20.7 Å². The van der Waals surface area contributed by atoms with Crippen molar-refractivity contribution >= 4 is 26.0 Å². The number of hydrogen-bond donors (Lipinski definition) is 1. The Morgan fingerprint density at radius 2 is 2.00 bits per heavy atom. The third kappa shape index (κ3) is 3.14. The van der Waals surface area contributed by atoms with Crippen LogP contribution in [0, 0.1) is 17.6 Å². The van der Waals surface area contributed by atoms with Crippen LogP contribution in [0.5, 0.6) is 0 Å². The summed E-state index contributed by atoms with van der Waals surface area (Å²) in [6.45, 7) is 1.76. The van der Waals surface area contributed by atoms with Crippen molar-refractivity contribution in [2.45, 2.75) is 37.1 Å². The lowest BCUT2D eigenvalue weighted by molar-refractivity contribution is 0.260. The summed E-state index contributed by atoms with van der Waals surface area (Å²) in [5.74, 6) is -1.63. The fourth-order valence-corrected chi connectivity index (χ4v) is 4.60. The van der Waals surface area contributed by atoms with Crippen LogP contribution in [-0.2, 0) is 10.0 Å². The Labute approximate surface area is 119 Å². The highest BCUT2D eigenvalue weighted by Crippen LogP contribution is 2.31. The molecule has 2 rings (SSSR count). The van der Waals surface area contributed by atoms with Crippen molar-refractivity contribution in [1.82, 2.24) is 4.72 Å². The van der Waals surface area contributed by atoms with Crippen molar-refractivity contribution in [1.29, 1.82) is 0 Å². The van der Waals surface area contributed by atoms with Crippen molar-refractivity contribution in [3.05, 3.63) is 28.2 Å². The second-order valence-electron chi connectivity index (χ2n) is 4.80. The maximum atomic E-state index is 13.7. The molecule has 106 valence electrons. The summed E-state index contributed by atoms with van der Waals surface area (Å²) in [6.07, 6.45) is 3.03. The summed E-state index contributed by atoms with van der Waals surface area (Å²) in [4.78, 5) is -0.542. The number of nitrogens with one attached hydrogen (secondary N) is 1. The molecule has 0 heterocycles. The molecule has 1 fully saturated rings. The highest BCUT2D eigenvalue weighted by Gasteiger charge is 2.30. The molecule has 0 aromatic heterocycles. The lowest BCUT2D eigenvalue weighted by Gasteiger charge is -2.31. The van der Waals surface area contributed by atoms with E-state index in [1.165, 1.54) is 0 Å². The molecule has 1 unspecified atom stereocenters. The van der Waals surface area contributed by atoms with Crippen LogP contribution in [0.25, 0.3) is 0 Å². The second-order valence-corrected chi connectivity index (χ2v) is 7.30. The predicted molar refractivity (Wildman–Crippen MR) is 71.2 cm³/mol. The van der Waals surface area contributed by atoms with Gasteiger partial charge in [0, 0.05) is 16.6 Å². The van der Waals surface area contributed by atoms with Crippen LogP contribution in [0.4, 0.5) is 8.78 Å². The topological polar surface area (TPSA) is 46.2 Å². The SMILES string of the molecule is CC(NS(=O)(=O)c1c(F)cc(F)cc1Br)C1CCC1. The van der Waals surface area contributed by atoms with Crippen molar-refractivity contribution in [2.24, 2.45) is 5.92 Å². The average molecular weight is 354 g/mol. The highest BCUT2D eigenvalue weighted by atomic mass is 79.9. The van der Waals surface area contributed by atoms with E-state index >= 15 is 0 Å². The molecule has 0 aliphatic heterocycles. The molecule has 0 spiro atoms. The van der Waals surface area contributed by atoms with Gasteiger partial charge in [-0.25, -0.2) is 21.9 Å². The summed E-state index contributed by atoms with van der Waals surface area (Å²) in [6, 6.07) is 1.24. The lowest BCUT2D eigenvalue weighted by atomic mass is 9.81. The number of rotatable bonds is 4. The minimum absolute atomic E-state index is 0.113. The predicted octanol–water partition coefficient (Wildman–Crippen LogP) is 3.19. The van der Waals surface area contributed by atoms with Gasteiger partial charge < -0.3 is 0 Å². The van der Waals surface area contributed by atoms with Gasteiger partial charge in [-0.3, -0.25) is 0 Å². The zero-order chi connectivity index (χ0) is 14.2. The van der Waals surface area contributed by atoms with Gasteiger partial charge in [0.05, 0.1) is 0 Å². The van der Waals surface area contributed by atoms with Crippen LogP contribution in [0.1, 0.15) is 26.2 Å². The Kier molecular flexibility index (Phi) is 4.27. The van der Waals surface area contributed by atoms with E-state index in [1.54, 1.807) is 6.92 Å². The first-order valence-electron chi connectivity index (χ1n) is 5.98.